The minimum atomic E-state index is -3.84. The summed E-state index contributed by atoms with van der Waals surface area (Å²) >= 11 is 0. The molecule has 0 spiro atoms. The van der Waals surface area contributed by atoms with Gasteiger partial charge >= 0.3 is 0 Å². The zero-order chi connectivity index (χ0) is 15.6. The molecule has 1 atom stereocenters. The Morgan fingerprint density at radius 1 is 1.40 bits per heavy atom. The maximum Gasteiger partial charge on any atom is 0.245 e. The van der Waals surface area contributed by atoms with Gasteiger partial charge in [-0.05, 0) is 37.5 Å². The van der Waals surface area contributed by atoms with Crippen LogP contribution in [0.25, 0.3) is 0 Å². The summed E-state index contributed by atoms with van der Waals surface area (Å²) in [6.45, 7) is 6.94. The standard InChI is InChI=1S/C14H20N2O3S/c1-10(2)14(4,9-15)16-20(17,18)13-8-11(3)6-7-12(13)19-5/h6-8,10,16H,1-5H3/t14-/m1/s1. The number of nitrogens with zero attached hydrogens (tertiary/aromatic N) is 1. The van der Waals surface area contributed by atoms with Crippen molar-refractivity contribution in [2.75, 3.05) is 7.11 Å². The maximum atomic E-state index is 12.5. The van der Waals surface area contributed by atoms with Crippen LogP contribution in [0.5, 0.6) is 5.75 Å². The third kappa shape index (κ3) is 3.30. The topological polar surface area (TPSA) is 79.2 Å². The first-order valence-electron chi connectivity index (χ1n) is 6.26. The zero-order valence-corrected chi connectivity index (χ0v) is 13.2. The largest absolute Gasteiger partial charge is 0.495 e. The van der Waals surface area contributed by atoms with Gasteiger partial charge in [-0.3, -0.25) is 0 Å². The third-order valence-corrected chi connectivity index (χ3v) is 4.93. The van der Waals surface area contributed by atoms with Crippen molar-refractivity contribution in [2.45, 2.75) is 38.1 Å². The summed E-state index contributed by atoms with van der Waals surface area (Å²) in [5.74, 6) is 0.0882. The van der Waals surface area contributed by atoms with Gasteiger partial charge in [0.2, 0.25) is 10.0 Å². The number of hydrogen-bond acceptors (Lipinski definition) is 4. The summed E-state index contributed by atoms with van der Waals surface area (Å²) < 4.78 is 32.6. The van der Waals surface area contributed by atoms with Crippen molar-refractivity contribution < 1.29 is 13.2 Å². The Hall–Kier alpha value is -1.58. The summed E-state index contributed by atoms with van der Waals surface area (Å²) in [5.41, 5.74) is -0.373. The lowest BCUT2D eigenvalue weighted by Crippen LogP contribution is -2.48. The number of nitrogens with one attached hydrogen (secondary N) is 1. The maximum absolute atomic E-state index is 12.5. The quantitative estimate of drug-likeness (QED) is 0.903. The molecule has 0 aliphatic heterocycles. The Labute approximate surface area is 120 Å². The fourth-order valence-corrected chi connectivity index (χ4v) is 3.30. The van der Waals surface area contributed by atoms with E-state index in [1.165, 1.54) is 13.2 Å². The molecule has 6 heteroatoms. The molecule has 1 aromatic rings. The number of hydrogen-bond donors (Lipinski definition) is 1. The smallest absolute Gasteiger partial charge is 0.245 e. The second kappa shape index (κ2) is 5.81. The SMILES string of the molecule is COc1ccc(C)cc1S(=O)(=O)N[C@](C)(C#N)C(C)C. The van der Waals surface area contributed by atoms with E-state index < -0.39 is 15.6 Å². The van der Waals surface area contributed by atoms with Gasteiger partial charge in [-0.1, -0.05) is 19.9 Å². The van der Waals surface area contributed by atoms with Crippen LogP contribution in [0.4, 0.5) is 0 Å². The molecule has 0 unspecified atom stereocenters. The number of aryl methyl sites for hydroxylation is 1. The first-order valence-corrected chi connectivity index (χ1v) is 7.74. The molecule has 0 amide bonds. The van der Waals surface area contributed by atoms with Crippen LogP contribution in [-0.2, 0) is 10.0 Å². The van der Waals surface area contributed by atoms with E-state index in [-0.39, 0.29) is 16.6 Å². The third-order valence-electron chi connectivity index (χ3n) is 3.34. The van der Waals surface area contributed by atoms with Gasteiger partial charge in [0.05, 0.1) is 13.2 Å². The highest BCUT2D eigenvalue weighted by molar-refractivity contribution is 7.89. The number of sulfonamides is 1. The summed E-state index contributed by atoms with van der Waals surface area (Å²) in [5, 5.41) is 9.24. The number of benzene rings is 1. The summed E-state index contributed by atoms with van der Waals surface area (Å²) in [6.07, 6.45) is 0. The fraction of sp³-hybridized carbons (Fsp3) is 0.500. The highest BCUT2D eigenvalue weighted by Gasteiger charge is 2.35. The van der Waals surface area contributed by atoms with E-state index in [0.717, 1.165) is 5.56 Å². The Balaban J connectivity index is 3.32. The van der Waals surface area contributed by atoms with Gasteiger partial charge in [0, 0.05) is 0 Å². The molecule has 0 aromatic heterocycles. The molecule has 0 heterocycles. The van der Waals surface area contributed by atoms with Crippen LogP contribution in [0, 0.1) is 24.2 Å². The van der Waals surface area contributed by atoms with Crippen molar-refractivity contribution in [3.63, 3.8) is 0 Å². The predicted octanol–water partition coefficient (Wildman–Crippen LogP) is 2.22. The first kappa shape index (κ1) is 16.5. The average molecular weight is 296 g/mol. The van der Waals surface area contributed by atoms with E-state index in [2.05, 4.69) is 4.72 Å². The van der Waals surface area contributed by atoms with Gasteiger partial charge in [0.1, 0.15) is 16.2 Å². The lowest BCUT2D eigenvalue weighted by Gasteiger charge is -2.27. The second-order valence-corrected chi connectivity index (χ2v) is 6.88. The van der Waals surface area contributed by atoms with Crippen LogP contribution in [-0.4, -0.2) is 21.1 Å². The molecule has 0 fully saturated rings. The van der Waals surface area contributed by atoms with Crippen LogP contribution in [0.1, 0.15) is 26.3 Å². The monoisotopic (exact) mass is 296 g/mol. The molecule has 0 bridgehead atoms. The van der Waals surface area contributed by atoms with Gasteiger partial charge in [0.15, 0.2) is 0 Å². The van der Waals surface area contributed by atoms with Crippen molar-refractivity contribution in [3.8, 4) is 11.8 Å². The Kier molecular flexibility index (Phi) is 4.79. The lowest BCUT2D eigenvalue weighted by atomic mass is 9.92. The molecular weight excluding hydrogens is 276 g/mol. The van der Waals surface area contributed by atoms with E-state index in [4.69, 9.17) is 4.74 Å². The van der Waals surface area contributed by atoms with Gasteiger partial charge in [-0.2, -0.15) is 9.98 Å². The molecule has 20 heavy (non-hydrogen) atoms. The first-order chi connectivity index (χ1) is 9.16. The van der Waals surface area contributed by atoms with Crippen molar-refractivity contribution in [1.29, 1.82) is 5.26 Å². The summed E-state index contributed by atoms with van der Waals surface area (Å²) in [7, 11) is -2.43. The molecule has 1 aromatic carbocycles. The molecule has 0 saturated carbocycles. The Morgan fingerprint density at radius 3 is 2.45 bits per heavy atom. The number of nitriles is 1. The molecule has 110 valence electrons. The van der Waals surface area contributed by atoms with Crippen molar-refractivity contribution in [2.24, 2.45) is 5.92 Å². The molecule has 1 rings (SSSR count). The predicted molar refractivity (Wildman–Crippen MR) is 76.9 cm³/mol. The highest BCUT2D eigenvalue weighted by Crippen LogP contribution is 2.27. The summed E-state index contributed by atoms with van der Waals surface area (Å²) in [6, 6.07) is 6.92. The van der Waals surface area contributed by atoms with E-state index in [1.54, 1.807) is 39.8 Å². The van der Waals surface area contributed by atoms with E-state index in [1.807, 2.05) is 6.07 Å². The summed E-state index contributed by atoms with van der Waals surface area (Å²) in [4.78, 5) is 0.0436. The number of methoxy groups -OCH3 is 1. The van der Waals surface area contributed by atoms with Crippen molar-refractivity contribution in [1.82, 2.24) is 4.72 Å². The van der Waals surface area contributed by atoms with Gasteiger partial charge in [0.25, 0.3) is 0 Å². The van der Waals surface area contributed by atoms with E-state index >= 15 is 0 Å². The highest BCUT2D eigenvalue weighted by atomic mass is 32.2. The fourth-order valence-electron chi connectivity index (χ4n) is 1.60. The van der Waals surface area contributed by atoms with Crippen molar-refractivity contribution in [3.05, 3.63) is 23.8 Å². The molecule has 5 nitrogen and oxygen atoms in total. The minimum Gasteiger partial charge on any atom is -0.495 e. The molecule has 0 saturated heterocycles. The van der Waals surface area contributed by atoms with Crippen LogP contribution in [0.2, 0.25) is 0 Å². The van der Waals surface area contributed by atoms with Gasteiger partial charge < -0.3 is 4.74 Å². The molecular formula is C14H20N2O3S. The zero-order valence-electron chi connectivity index (χ0n) is 12.4. The second-order valence-electron chi connectivity index (χ2n) is 5.23. The van der Waals surface area contributed by atoms with Crippen LogP contribution < -0.4 is 9.46 Å². The molecule has 0 aliphatic carbocycles. The molecule has 0 radical (unpaired) electrons. The number of rotatable bonds is 5. The van der Waals surface area contributed by atoms with Gasteiger partial charge in [-0.15, -0.1) is 0 Å². The molecule has 1 N–H and O–H groups in total. The van der Waals surface area contributed by atoms with Crippen LogP contribution in [0.3, 0.4) is 0 Å². The van der Waals surface area contributed by atoms with Gasteiger partial charge in [-0.25, -0.2) is 8.42 Å². The Morgan fingerprint density at radius 2 is 2.00 bits per heavy atom. The van der Waals surface area contributed by atoms with Crippen LogP contribution in [0.15, 0.2) is 23.1 Å². The normalized spacial score (nSPS) is 14.7. The number of ether oxygens (including phenoxy) is 1. The average Bonchev–Trinajstić information content (AvgIpc) is 2.37. The van der Waals surface area contributed by atoms with E-state index in [0.29, 0.717) is 0 Å². The van der Waals surface area contributed by atoms with Crippen molar-refractivity contribution >= 4 is 10.0 Å². The van der Waals surface area contributed by atoms with E-state index in [9.17, 15) is 13.7 Å². The minimum absolute atomic E-state index is 0.0436. The van der Waals surface area contributed by atoms with Crippen LogP contribution >= 0.6 is 0 Å². The lowest BCUT2D eigenvalue weighted by molar-refractivity contribution is 0.383. The Bertz CT molecular complexity index is 632. The molecule has 0 aliphatic rings.